The molecule has 0 saturated carbocycles. The lowest BCUT2D eigenvalue weighted by atomic mass is 9.88. The van der Waals surface area contributed by atoms with E-state index in [0.29, 0.717) is 11.8 Å². The molecule has 2 nitrogen and oxygen atoms in total. The molecular weight excluding hydrogens is 302 g/mol. The molecule has 0 saturated heterocycles. The van der Waals surface area contributed by atoms with Gasteiger partial charge in [-0.25, -0.2) is 0 Å². The number of para-hydroxylation sites is 1. The Kier molecular flexibility index (Phi) is 4.48. The van der Waals surface area contributed by atoms with E-state index >= 15 is 0 Å². The maximum Gasteiger partial charge on any atom is 0.115 e. The highest BCUT2D eigenvalue weighted by Gasteiger charge is 2.18. The Balaban J connectivity index is 0.00000133. The third kappa shape index (κ3) is 3.29. The fraction of sp³-hybridized carbons (Fsp3) is 0.250. The van der Waals surface area contributed by atoms with Crippen LogP contribution in [0, 0.1) is 0 Å². The van der Waals surface area contributed by atoms with E-state index in [-0.39, 0.29) is 17.0 Å². The van der Waals surface area contributed by atoms with Crippen molar-refractivity contribution < 1.29 is 5.11 Å². The molecule has 2 aromatic rings. The van der Waals surface area contributed by atoms with E-state index < -0.39 is 0 Å². The quantitative estimate of drug-likeness (QED) is 0.878. The molecule has 0 aromatic heterocycles. The van der Waals surface area contributed by atoms with Crippen molar-refractivity contribution in [2.75, 3.05) is 5.32 Å². The Morgan fingerprint density at radius 3 is 2.58 bits per heavy atom. The number of rotatable bonds is 2. The van der Waals surface area contributed by atoms with Gasteiger partial charge in [0.2, 0.25) is 0 Å². The van der Waals surface area contributed by atoms with E-state index in [1.54, 1.807) is 6.07 Å². The molecule has 3 heteroatoms. The minimum absolute atomic E-state index is 0. The summed E-state index contributed by atoms with van der Waals surface area (Å²) in [5, 5.41) is 13.1. The predicted molar refractivity (Wildman–Crippen MR) is 84.3 cm³/mol. The molecule has 1 aliphatic rings. The zero-order valence-electron chi connectivity index (χ0n) is 10.7. The van der Waals surface area contributed by atoms with Crippen molar-refractivity contribution in [1.82, 2.24) is 0 Å². The van der Waals surface area contributed by atoms with Gasteiger partial charge < -0.3 is 10.4 Å². The van der Waals surface area contributed by atoms with Crippen molar-refractivity contribution in [1.29, 1.82) is 0 Å². The summed E-state index contributed by atoms with van der Waals surface area (Å²) >= 11 is 0. The number of phenolic OH excluding ortho intramolecular Hbond substituents is 1. The average molecular weight is 320 g/mol. The smallest absolute Gasteiger partial charge is 0.115 e. The molecule has 100 valence electrons. The molecule has 1 unspecified atom stereocenters. The largest absolute Gasteiger partial charge is 0.508 e. The molecule has 0 radical (unpaired) electrons. The summed E-state index contributed by atoms with van der Waals surface area (Å²) in [6.45, 7) is 0. The highest BCUT2D eigenvalue weighted by atomic mass is 79.9. The topological polar surface area (TPSA) is 32.3 Å². The maximum atomic E-state index is 9.54. The van der Waals surface area contributed by atoms with E-state index in [0.717, 1.165) is 19.3 Å². The second kappa shape index (κ2) is 6.11. The Hall–Kier alpha value is -1.48. The first-order chi connectivity index (χ1) is 8.81. The zero-order chi connectivity index (χ0) is 12.4. The second-order valence-corrected chi connectivity index (χ2v) is 4.90. The summed E-state index contributed by atoms with van der Waals surface area (Å²) in [6.07, 6.45) is 3.21. The average Bonchev–Trinajstić information content (AvgIpc) is 2.39. The molecule has 0 bridgehead atoms. The fourth-order valence-corrected chi connectivity index (χ4v) is 2.64. The summed E-state index contributed by atoms with van der Waals surface area (Å²) in [7, 11) is 0. The second-order valence-electron chi connectivity index (χ2n) is 4.90. The molecule has 0 amide bonds. The normalized spacial score (nSPS) is 17.2. The number of phenols is 1. The first kappa shape index (κ1) is 13.9. The van der Waals surface area contributed by atoms with Gasteiger partial charge in [0.1, 0.15) is 5.75 Å². The first-order valence-corrected chi connectivity index (χ1v) is 6.43. The summed E-state index contributed by atoms with van der Waals surface area (Å²) in [4.78, 5) is 0. The number of halogens is 1. The summed E-state index contributed by atoms with van der Waals surface area (Å²) < 4.78 is 0. The minimum Gasteiger partial charge on any atom is -0.508 e. The number of anilines is 1. The number of aromatic hydroxyl groups is 1. The molecule has 0 heterocycles. The van der Waals surface area contributed by atoms with Gasteiger partial charge in [-0.3, -0.25) is 0 Å². The Morgan fingerprint density at radius 1 is 1.00 bits per heavy atom. The highest BCUT2D eigenvalue weighted by molar-refractivity contribution is 8.93. The van der Waals surface area contributed by atoms with E-state index in [9.17, 15) is 5.11 Å². The van der Waals surface area contributed by atoms with Crippen LogP contribution in [-0.4, -0.2) is 11.1 Å². The number of nitrogens with one attached hydrogen (secondary N) is 1. The number of benzene rings is 2. The van der Waals surface area contributed by atoms with Gasteiger partial charge in [0.15, 0.2) is 0 Å². The van der Waals surface area contributed by atoms with E-state index in [1.165, 1.54) is 16.8 Å². The Morgan fingerprint density at radius 2 is 1.79 bits per heavy atom. The lowest BCUT2D eigenvalue weighted by Gasteiger charge is -2.26. The summed E-state index contributed by atoms with van der Waals surface area (Å²) in [6, 6.07) is 16.5. The molecule has 1 atom stereocenters. The maximum absolute atomic E-state index is 9.54. The van der Waals surface area contributed by atoms with Gasteiger partial charge in [-0.2, -0.15) is 0 Å². The van der Waals surface area contributed by atoms with Gasteiger partial charge in [0, 0.05) is 11.7 Å². The Bertz CT molecular complexity index is 542. The molecular formula is C16H18BrNO. The monoisotopic (exact) mass is 319 g/mol. The van der Waals surface area contributed by atoms with Crippen LogP contribution in [0.15, 0.2) is 48.5 Å². The SMILES string of the molecule is Br.Oc1ccc2c(c1)CC(Nc1ccccc1)CC2. The number of hydrogen-bond acceptors (Lipinski definition) is 2. The van der Waals surface area contributed by atoms with Gasteiger partial charge in [-0.15, -0.1) is 17.0 Å². The molecule has 0 aliphatic heterocycles. The molecule has 2 aromatic carbocycles. The molecule has 2 N–H and O–H groups in total. The van der Waals surface area contributed by atoms with Crippen molar-refractivity contribution >= 4 is 22.7 Å². The molecule has 0 spiro atoms. The predicted octanol–water partition coefficient (Wildman–Crippen LogP) is 3.94. The molecule has 1 aliphatic carbocycles. The highest BCUT2D eigenvalue weighted by Crippen LogP contribution is 2.26. The van der Waals surface area contributed by atoms with Crippen molar-refractivity contribution in [3.63, 3.8) is 0 Å². The molecule has 3 rings (SSSR count). The van der Waals surface area contributed by atoms with Gasteiger partial charge in [0.05, 0.1) is 0 Å². The third-order valence-corrected chi connectivity index (χ3v) is 3.56. The van der Waals surface area contributed by atoms with Crippen LogP contribution < -0.4 is 5.32 Å². The van der Waals surface area contributed by atoms with Crippen molar-refractivity contribution in [3.8, 4) is 5.75 Å². The van der Waals surface area contributed by atoms with Crippen LogP contribution in [0.3, 0.4) is 0 Å². The minimum atomic E-state index is 0. The van der Waals surface area contributed by atoms with Crippen molar-refractivity contribution in [2.24, 2.45) is 0 Å². The van der Waals surface area contributed by atoms with Gasteiger partial charge in [-0.05, 0) is 54.7 Å². The summed E-state index contributed by atoms with van der Waals surface area (Å²) in [5.41, 5.74) is 3.82. The van der Waals surface area contributed by atoms with Crippen LogP contribution in [0.5, 0.6) is 5.75 Å². The van der Waals surface area contributed by atoms with Crippen molar-refractivity contribution in [3.05, 3.63) is 59.7 Å². The van der Waals surface area contributed by atoms with Gasteiger partial charge in [0.25, 0.3) is 0 Å². The molecule has 19 heavy (non-hydrogen) atoms. The van der Waals surface area contributed by atoms with Gasteiger partial charge >= 0.3 is 0 Å². The van der Waals surface area contributed by atoms with Crippen LogP contribution in [-0.2, 0) is 12.8 Å². The zero-order valence-corrected chi connectivity index (χ0v) is 12.4. The van der Waals surface area contributed by atoms with Crippen LogP contribution >= 0.6 is 17.0 Å². The van der Waals surface area contributed by atoms with E-state index in [1.807, 2.05) is 30.3 Å². The molecule has 0 fully saturated rings. The lowest BCUT2D eigenvalue weighted by Crippen LogP contribution is -2.27. The van der Waals surface area contributed by atoms with Crippen LogP contribution in [0.1, 0.15) is 17.5 Å². The number of aryl methyl sites for hydroxylation is 1. The first-order valence-electron chi connectivity index (χ1n) is 6.43. The van der Waals surface area contributed by atoms with Crippen LogP contribution in [0.4, 0.5) is 5.69 Å². The number of fused-ring (bicyclic) bond motifs is 1. The van der Waals surface area contributed by atoms with E-state index in [4.69, 9.17) is 0 Å². The standard InChI is InChI=1S/C16H17NO.BrH/c18-16-9-7-12-6-8-15(10-13(12)11-16)17-14-4-2-1-3-5-14;/h1-5,7,9,11,15,17-18H,6,8,10H2;1H. The van der Waals surface area contributed by atoms with Crippen molar-refractivity contribution in [2.45, 2.75) is 25.3 Å². The summed E-state index contributed by atoms with van der Waals surface area (Å²) in [5.74, 6) is 0.370. The van der Waals surface area contributed by atoms with Gasteiger partial charge in [-0.1, -0.05) is 24.3 Å². The van der Waals surface area contributed by atoms with Crippen LogP contribution in [0.2, 0.25) is 0 Å². The Labute approximate surface area is 124 Å². The van der Waals surface area contributed by atoms with Crippen LogP contribution in [0.25, 0.3) is 0 Å². The lowest BCUT2D eigenvalue weighted by molar-refractivity contribution is 0.472. The third-order valence-electron chi connectivity index (χ3n) is 3.56. The van der Waals surface area contributed by atoms with E-state index in [2.05, 4.69) is 17.4 Å². The number of hydrogen-bond donors (Lipinski definition) is 2. The fourth-order valence-electron chi connectivity index (χ4n) is 2.64.